The van der Waals surface area contributed by atoms with Crippen LogP contribution in [0.25, 0.3) is 17.1 Å². The maximum Gasteiger partial charge on any atom is 0.186 e. The summed E-state index contributed by atoms with van der Waals surface area (Å²) in [7, 11) is 0. The Morgan fingerprint density at radius 3 is 2.44 bits per heavy atom. The number of para-hydroxylation sites is 1. The Kier molecular flexibility index (Phi) is 6.19. The van der Waals surface area contributed by atoms with Crippen LogP contribution in [-0.2, 0) is 12.3 Å². The fraction of sp³-hybridized carbons (Fsp3) is 0.115. The van der Waals surface area contributed by atoms with E-state index in [-0.39, 0.29) is 0 Å². The lowest BCUT2D eigenvalue weighted by Crippen LogP contribution is -2.05. The molecule has 0 aliphatic rings. The smallest absolute Gasteiger partial charge is 0.186 e. The minimum absolute atomic E-state index is 0.492. The van der Waals surface area contributed by atoms with Gasteiger partial charge in [0, 0.05) is 5.75 Å². The molecular weight excluding hydrogens is 442 g/mol. The van der Waals surface area contributed by atoms with Crippen molar-refractivity contribution in [1.29, 1.82) is 5.26 Å². The molecule has 34 heavy (non-hydrogen) atoms. The number of benzene rings is 3. The molecule has 0 aliphatic heterocycles. The monoisotopic (exact) mass is 463 g/mol. The Labute approximate surface area is 201 Å². The summed E-state index contributed by atoms with van der Waals surface area (Å²) >= 11 is 1.71. The average Bonchev–Trinajstić information content (AvgIpc) is 3.50. The van der Waals surface area contributed by atoms with Crippen molar-refractivity contribution in [1.82, 2.24) is 30.0 Å². The molecule has 0 amide bonds. The molecule has 0 spiro atoms. The summed E-state index contributed by atoms with van der Waals surface area (Å²) in [5.41, 5.74) is 5.90. The van der Waals surface area contributed by atoms with Gasteiger partial charge >= 0.3 is 0 Å². The zero-order valence-corrected chi connectivity index (χ0v) is 19.4. The van der Waals surface area contributed by atoms with E-state index < -0.39 is 0 Å². The number of rotatable bonds is 7. The van der Waals surface area contributed by atoms with Gasteiger partial charge in [-0.1, -0.05) is 60.7 Å². The normalized spacial score (nSPS) is 10.8. The van der Waals surface area contributed by atoms with Crippen LogP contribution in [0, 0.1) is 18.3 Å². The summed E-state index contributed by atoms with van der Waals surface area (Å²) in [6, 6.07) is 28.2. The number of hydrogen-bond acceptors (Lipinski definition) is 6. The van der Waals surface area contributed by atoms with Gasteiger partial charge in [-0.3, -0.25) is 0 Å². The first-order valence-corrected chi connectivity index (χ1v) is 11.8. The molecule has 5 aromatic rings. The molecule has 0 N–H and O–H groups in total. The van der Waals surface area contributed by atoms with E-state index in [9.17, 15) is 0 Å². The van der Waals surface area contributed by atoms with E-state index in [1.165, 1.54) is 5.56 Å². The van der Waals surface area contributed by atoms with Crippen LogP contribution in [0.4, 0.5) is 0 Å². The fourth-order valence-electron chi connectivity index (χ4n) is 3.69. The predicted octanol–water partition coefficient (Wildman–Crippen LogP) is 5.05. The van der Waals surface area contributed by atoms with Crippen LogP contribution in [0.3, 0.4) is 0 Å². The van der Waals surface area contributed by atoms with Crippen LogP contribution in [0.2, 0.25) is 0 Å². The van der Waals surface area contributed by atoms with Gasteiger partial charge in [0.1, 0.15) is 5.03 Å². The maximum atomic E-state index is 9.06. The number of thioether (sulfide) groups is 1. The first-order chi connectivity index (χ1) is 16.7. The highest BCUT2D eigenvalue weighted by atomic mass is 32.2. The molecule has 0 aliphatic carbocycles. The van der Waals surface area contributed by atoms with E-state index in [4.69, 9.17) is 10.4 Å². The minimum atomic E-state index is 0.492. The third-order valence-electron chi connectivity index (χ3n) is 5.48. The number of aromatic nitrogens is 6. The highest BCUT2D eigenvalue weighted by Gasteiger charge is 2.21. The summed E-state index contributed by atoms with van der Waals surface area (Å²) in [4.78, 5) is 0. The second-order valence-electron chi connectivity index (χ2n) is 7.80. The number of nitriles is 1. The molecule has 0 radical (unpaired) electrons. The zero-order chi connectivity index (χ0) is 23.3. The zero-order valence-electron chi connectivity index (χ0n) is 18.5. The molecule has 3 aromatic carbocycles. The molecule has 5 rings (SSSR count). The topological polar surface area (TPSA) is 85.2 Å². The Hall–Kier alpha value is -4.22. The van der Waals surface area contributed by atoms with Crippen LogP contribution in [0.15, 0.2) is 90.1 Å². The molecule has 0 saturated carbocycles. The van der Waals surface area contributed by atoms with Crippen LogP contribution in [0.1, 0.15) is 22.3 Å². The Morgan fingerprint density at radius 1 is 0.912 bits per heavy atom. The minimum Gasteiger partial charge on any atom is -0.226 e. The van der Waals surface area contributed by atoms with Gasteiger partial charge in [-0.05, 0) is 52.2 Å². The van der Waals surface area contributed by atoms with Crippen LogP contribution < -0.4 is 0 Å². The number of aryl methyl sites for hydroxylation is 1. The van der Waals surface area contributed by atoms with Gasteiger partial charge in [0.15, 0.2) is 5.82 Å². The van der Waals surface area contributed by atoms with E-state index >= 15 is 0 Å². The van der Waals surface area contributed by atoms with Gasteiger partial charge in [0.25, 0.3) is 0 Å². The first-order valence-electron chi connectivity index (χ1n) is 10.8. The second-order valence-corrected chi connectivity index (χ2v) is 8.77. The Balaban J connectivity index is 1.53. The van der Waals surface area contributed by atoms with E-state index in [0.29, 0.717) is 17.9 Å². The van der Waals surface area contributed by atoms with E-state index in [2.05, 4.69) is 52.8 Å². The van der Waals surface area contributed by atoms with Crippen molar-refractivity contribution >= 4 is 11.8 Å². The highest BCUT2D eigenvalue weighted by molar-refractivity contribution is 7.98. The van der Waals surface area contributed by atoms with Crippen molar-refractivity contribution in [3.63, 3.8) is 0 Å². The summed E-state index contributed by atoms with van der Waals surface area (Å²) in [6.07, 6.45) is 1.83. The van der Waals surface area contributed by atoms with Crippen LogP contribution in [-0.4, -0.2) is 30.0 Å². The number of nitrogens with zero attached hydrogens (tertiary/aromatic N) is 7. The number of hydrogen-bond donors (Lipinski definition) is 0. The van der Waals surface area contributed by atoms with Gasteiger partial charge < -0.3 is 0 Å². The second kappa shape index (κ2) is 9.73. The third-order valence-corrected chi connectivity index (χ3v) is 6.62. The van der Waals surface area contributed by atoms with Gasteiger partial charge in [-0.2, -0.15) is 10.4 Å². The lowest BCUT2D eigenvalue weighted by atomic mass is 10.1. The van der Waals surface area contributed by atoms with Gasteiger partial charge in [-0.15, -0.1) is 16.9 Å². The lowest BCUT2D eigenvalue weighted by Gasteiger charge is -2.12. The largest absolute Gasteiger partial charge is 0.226 e. The maximum absolute atomic E-state index is 9.06. The molecular formula is C26H21N7S. The fourth-order valence-corrected chi connectivity index (χ4v) is 4.75. The van der Waals surface area contributed by atoms with E-state index in [0.717, 1.165) is 33.2 Å². The lowest BCUT2D eigenvalue weighted by molar-refractivity contribution is 0.652. The van der Waals surface area contributed by atoms with E-state index in [1.54, 1.807) is 28.6 Å². The third kappa shape index (κ3) is 4.47. The average molecular weight is 464 g/mol. The van der Waals surface area contributed by atoms with Crippen molar-refractivity contribution < 1.29 is 0 Å². The molecule has 2 heterocycles. The molecule has 0 saturated heterocycles. The SMILES string of the molecule is Cc1ccccc1-n1ncc(-c2nnnn2Cc2ccc(C#N)cc2)c1SCc1ccccc1. The molecule has 0 unspecified atom stereocenters. The van der Waals surface area contributed by atoms with Crippen molar-refractivity contribution in [2.24, 2.45) is 0 Å². The number of tetrazole rings is 1. The molecule has 0 fully saturated rings. The Bertz CT molecular complexity index is 1450. The molecule has 0 bridgehead atoms. The highest BCUT2D eigenvalue weighted by Crippen LogP contribution is 2.34. The van der Waals surface area contributed by atoms with Gasteiger partial charge in [0.2, 0.25) is 0 Å². The molecule has 0 atom stereocenters. The van der Waals surface area contributed by atoms with E-state index in [1.807, 2.05) is 53.3 Å². The van der Waals surface area contributed by atoms with Gasteiger partial charge in [-0.25, -0.2) is 9.36 Å². The van der Waals surface area contributed by atoms with Crippen molar-refractivity contribution in [3.05, 3.63) is 107 Å². The molecule has 7 nitrogen and oxygen atoms in total. The summed E-state index contributed by atoms with van der Waals surface area (Å²) in [5.74, 6) is 1.45. The van der Waals surface area contributed by atoms with Gasteiger partial charge in [0.05, 0.1) is 35.6 Å². The quantitative estimate of drug-likeness (QED) is 0.314. The Morgan fingerprint density at radius 2 is 1.68 bits per heavy atom. The standard InChI is InChI=1S/C26H21N7S/c1-19-7-5-6-10-24(19)33-26(34-18-22-8-3-2-4-9-22)23(16-28-33)25-29-30-31-32(25)17-21-13-11-20(15-27)12-14-21/h2-14,16H,17-18H2,1H3. The van der Waals surface area contributed by atoms with Crippen LogP contribution in [0.5, 0.6) is 0 Å². The summed E-state index contributed by atoms with van der Waals surface area (Å²) in [5, 5.41) is 27.3. The summed E-state index contributed by atoms with van der Waals surface area (Å²) in [6.45, 7) is 2.57. The predicted molar refractivity (Wildman–Crippen MR) is 131 cm³/mol. The molecule has 2 aromatic heterocycles. The van der Waals surface area contributed by atoms with Crippen LogP contribution >= 0.6 is 11.8 Å². The van der Waals surface area contributed by atoms with Crippen molar-refractivity contribution in [3.8, 4) is 23.1 Å². The summed E-state index contributed by atoms with van der Waals surface area (Å²) < 4.78 is 3.74. The molecule has 166 valence electrons. The molecule has 8 heteroatoms. The first kappa shape index (κ1) is 21.6. The van der Waals surface area contributed by atoms with Crippen molar-refractivity contribution in [2.75, 3.05) is 0 Å². The van der Waals surface area contributed by atoms with Crippen molar-refractivity contribution in [2.45, 2.75) is 24.2 Å².